The monoisotopic (exact) mass is 563 g/mol. The standard InChI is InChI=1S/C29H27ClN4O4S/c1-15-17(3)39-28-25(15)26(20-10-12-22(30)13-11-20)31-23(27-33-32-18(4)34(27)28)14-24(35)38-16(2)19-6-8-21(9-7-19)29(36)37-5/h6-13,16,23H,14H2,1-5H3/p+1/t16-,23-/m0/s1. The second kappa shape index (κ2) is 10.7. The lowest BCUT2D eigenvalue weighted by Crippen LogP contribution is -2.37. The van der Waals surface area contributed by atoms with Gasteiger partial charge >= 0.3 is 17.8 Å². The third-order valence-corrected chi connectivity index (χ3v) is 8.32. The summed E-state index contributed by atoms with van der Waals surface area (Å²) in [5.74, 6) is 0.660. The van der Waals surface area contributed by atoms with Crippen LogP contribution in [-0.4, -0.2) is 35.0 Å². The Labute approximate surface area is 235 Å². The fourth-order valence-electron chi connectivity index (χ4n) is 4.66. The lowest BCUT2D eigenvalue weighted by molar-refractivity contribution is -0.608. The quantitative estimate of drug-likeness (QED) is 0.240. The van der Waals surface area contributed by atoms with Crippen LogP contribution in [0.5, 0.6) is 0 Å². The predicted molar refractivity (Wildman–Crippen MR) is 149 cm³/mol. The fraction of sp³-hybridized carbons (Fsp3) is 0.276. The molecule has 5 rings (SSSR count). The average Bonchev–Trinajstić information content (AvgIpc) is 3.40. The van der Waals surface area contributed by atoms with Gasteiger partial charge in [-0.3, -0.25) is 9.79 Å². The molecule has 10 heteroatoms. The Kier molecular flexibility index (Phi) is 7.38. The number of benzene rings is 2. The molecule has 0 aliphatic carbocycles. The lowest BCUT2D eigenvalue weighted by Gasteiger charge is -2.15. The molecule has 3 heterocycles. The van der Waals surface area contributed by atoms with E-state index >= 15 is 0 Å². The van der Waals surface area contributed by atoms with E-state index in [1.165, 1.54) is 12.0 Å². The number of thiophene rings is 1. The highest BCUT2D eigenvalue weighted by atomic mass is 35.5. The number of aliphatic imine (C=N–C) groups is 1. The predicted octanol–water partition coefficient (Wildman–Crippen LogP) is 5.70. The van der Waals surface area contributed by atoms with Crippen LogP contribution in [0.3, 0.4) is 0 Å². The lowest BCUT2D eigenvalue weighted by atomic mass is 9.99. The summed E-state index contributed by atoms with van der Waals surface area (Å²) in [4.78, 5) is 31.3. The number of ether oxygens (including phenoxy) is 2. The number of esters is 2. The van der Waals surface area contributed by atoms with Gasteiger partial charge in [-0.05, 0) is 56.2 Å². The largest absolute Gasteiger partial charge is 0.465 e. The van der Waals surface area contributed by atoms with Gasteiger partial charge in [-0.2, -0.15) is 4.57 Å². The summed E-state index contributed by atoms with van der Waals surface area (Å²) < 4.78 is 12.6. The van der Waals surface area contributed by atoms with Crippen molar-refractivity contribution in [3.63, 3.8) is 0 Å². The van der Waals surface area contributed by atoms with Crippen LogP contribution in [0, 0.1) is 20.8 Å². The zero-order valence-corrected chi connectivity index (χ0v) is 23.8. The summed E-state index contributed by atoms with van der Waals surface area (Å²) in [6.45, 7) is 7.93. The number of carbonyl (C=O) groups is 2. The maximum Gasteiger partial charge on any atom is 0.337 e. The van der Waals surface area contributed by atoms with Gasteiger partial charge in [-0.15, -0.1) is 16.4 Å². The minimum absolute atomic E-state index is 0.00105. The number of nitrogens with zero attached hydrogens (tertiary/aromatic N) is 3. The van der Waals surface area contributed by atoms with E-state index in [9.17, 15) is 9.59 Å². The molecule has 200 valence electrons. The van der Waals surface area contributed by atoms with Crippen molar-refractivity contribution in [3.8, 4) is 5.00 Å². The molecule has 0 amide bonds. The third-order valence-electron chi connectivity index (χ3n) is 6.87. The van der Waals surface area contributed by atoms with Crippen molar-refractivity contribution in [1.29, 1.82) is 0 Å². The average molecular weight is 564 g/mol. The van der Waals surface area contributed by atoms with E-state index in [0.717, 1.165) is 38.8 Å². The van der Waals surface area contributed by atoms with Gasteiger partial charge in [0.2, 0.25) is 5.82 Å². The van der Waals surface area contributed by atoms with Gasteiger partial charge in [0.1, 0.15) is 6.10 Å². The highest BCUT2D eigenvalue weighted by Crippen LogP contribution is 2.36. The van der Waals surface area contributed by atoms with Crippen molar-refractivity contribution in [2.24, 2.45) is 4.99 Å². The topological polar surface area (TPSA) is 97.5 Å². The molecule has 0 unspecified atom stereocenters. The van der Waals surface area contributed by atoms with E-state index in [1.54, 1.807) is 42.5 Å². The zero-order valence-electron chi connectivity index (χ0n) is 22.2. The molecule has 0 fully saturated rings. The molecule has 1 N–H and O–H groups in total. The first-order valence-electron chi connectivity index (χ1n) is 12.5. The molecule has 2 aromatic carbocycles. The molecule has 0 saturated heterocycles. The summed E-state index contributed by atoms with van der Waals surface area (Å²) in [7, 11) is 1.33. The molecule has 0 spiro atoms. The van der Waals surface area contributed by atoms with Crippen molar-refractivity contribution in [1.82, 2.24) is 10.2 Å². The Hall–Kier alpha value is -3.82. The van der Waals surface area contributed by atoms with Crippen molar-refractivity contribution in [3.05, 3.63) is 97.9 Å². The zero-order chi connectivity index (χ0) is 27.8. The molecule has 0 saturated carbocycles. The SMILES string of the molecule is COC(=O)c1ccc([C@H](C)OC(=O)C[C@@H]2N=C(c3ccc(Cl)cc3)c3c(sc(C)c3C)-[n+]3c2n[nH]c3C)cc1. The van der Waals surface area contributed by atoms with Crippen LogP contribution >= 0.6 is 22.9 Å². The summed E-state index contributed by atoms with van der Waals surface area (Å²) in [6.07, 6.45) is -0.520. The van der Waals surface area contributed by atoms with E-state index in [4.69, 9.17) is 26.1 Å². The first kappa shape index (κ1) is 26.8. The number of hydrogen-bond acceptors (Lipinski definition) is 7. The number of carbonyl (C=O) groups excluding carboxylic acids is 2. The molecule has 0 radical (unpaired) electrons. The summed E-state index contributed by atoms with van der Waals surface area (Å²) in [5, 5.41) is 9.28. The smallest absolute Gasteiger partial charge is 0.337 e. The third kappa shape index (κ3) is 5.12. The van der Waals surface area contributed by atoms with Gasteiger partial charge in [0, 0.05) is 27.5 Å². The Morgan fingerprint density at radius 2 is 1.79 bits per heavy atom. The maximum atomic E-state index is 13.2. The highest BCUT2D eigenvalue weighted by molar-refractivity contribution is 7.14. The van der Waals surface area contributed by atoms with Gasteiger partial charge in [-0.1, -0.05) is 35.9 Å². The Bertz CT molecular complexity index is 1590. The van der Waals surface area contributed by atoms with Crippen molar-refractivity contribution in [2.45, 2.75) is 46.3 Å². The Balaban J connectivity index is 1.49. The van der Waals surface area contributed by atoms with E-state index in [1.807, 2.05) is 31.2 Å². The number of halogens is 1. The number of aromatic amines is 1. The van der Waals surface area contributed by atoms with Gasteiger partial charge in [0.15, 0.2) is 11.0 Å². The first-order chi connectivity index (χ1) is 18.7. The van der Waals surface area contributed by atoms with Crippen molar-refractivity contribution in [2.75, 3.05) is 7.11 Å². The second-order valence-electron chi connectivity index (χ2n) is 9.42. The molecule has 1 aliphatic rings. The minimum atomic E-state index is -0.582. The maximum absolute atomic E-state index is 13.2. The normalized spacial score (nSPS) is 15.0. The van der Waals surface area contributed by atoms with E-state index in [-0.39, 0.29) is 6.42 Å². The molecule has 39 heavy (non-hydrogen) atoms. The van der Waals surface area contributed by atoms with E-state index < -0.39 is 24.1 Å². The number of rotatable bonds is 6. The van der Waals surface area contributed by atoms with E-state index in [2.05, 4.69) is 28.6 Å². The van der Waals surface area contributed by atoms with Crippen LogP contribution in [0.4, 0.5) is 0 Å². The van der Waals surface area contributed by atoms with Crippen LogP contribution in [0.2, 0.25) is 5.02 Å². The molecule has 8 nitrogen and oxygen atoms in total. The van der Waals surface area contributed by atoms with Gasteiger partial charge in [0.05, 0.1) is 30.4 Å². The summed E-state index contributed by atoms with van der Waals surface area (Å²) in [6, 6.07) is 13.8. The number of aryl methyl sites for hydroxylation is 2. The Morgan fingerprint density at radius 1 is 1.10 bits per heavy atom. The number of hydrogen-bond donors (Lipinski definition) is 1. The highest BCUT2D eigenvalue weighted by Gasteiger charge is 2.37. The van der Waals surface area contributed by atoms with E-state index in [0.29, 0.717) is 16.4 Å². The first-order valence-corrected chi connectivity index (χ1v) is 13.7. The molecule has 0 bridgehead atoms. The second-order valence-corrected chi connectivity index (χ2v) is 11.1. The Morgan fingerprint density at radius 3 is 2.46 bits per heavy atom. The number of aromatic nitrogens is 3. The van der Waals surface area contributed by atoms with Crippen LogP contribution in [0.15, 0.2) is 53.5 Å². The van der Waals surface area contributed by atoms with Gasteiger partial charge in [0.25, 0.3) is 0 Å². The number of fused-ring (bicyclic) bond motifs is 3. The van der Waals surface area contributed by atoms with Crippen molar-refractivity contribution >= 4 is 40.6 Å². The fourth-order valence-corrected chi connectivity index (χ4v) is 6.00. The van der Waals surface area contributed by atoms with Crippen molar-refractivity contribution < 1.29 is 23.6 Å². The molecule has 1 aliphatic heterocycles. The minimum Gasteiger partial charge on any atom is -0.465 e. The number of methoxy groups -OCH3 is 1. The number of nitrogens with one attached hydrogen (secondary N) is 1. The number of H-pyrrole nitrogens is 1. The van der Waals surface area contributed by atoms with Gasteiger partial charge in [-0.25, -0.2) is 4.79 Å². The van der Waals surface area contributed by atoms with Crippen LogP contribution in [0.1, 0.15) is 74.6 Å². The molecule has 2 atom stereocenters. The van der Waals surface area contributed by atoms with Crippen LogP contribution in [0.25, 0.3) is 5.00 Å². The van der Waals surface area contributed by atoms with Gasteiger partial charge < -0.3 is 9.47 Å². The summed E-state index contributed by atoms with van der Waals surface area (Å²) in [5.41, 5.74) is 5.05. The molecule has 4 aromatic rings. The molecular formula is C29H28ClN4O4S+. The molecular weight excluding hydrogens is 536 g/mol. The van der Waals surface area contributed by atoms with Crippen LogP contribution < -0.4 is 4.57 Å². The van der Waals surface area contributed by atoms with Crippen LogP contribution in [-0.2, 0) is 14.3 Å². The molecule has 2 aromatic heterocycles. The summed E-state index contributed by atoms with van der Waals surface area (Å²) >= 11 is 7.86.